The van der Waals surface area contributed by atoms with Gasteiger partial charge >= 0.3 is 0 Å². The standard InChI is InChI=1S/C15H19FN2O2/c1-14(2)13(20)18(15(3,4)12(19)17-14)9-10-5-7-11(16)8-6-10/h5-8H,9H2,1-4H3,(H,17,19). The molecule has 1 aliphatic heterocycles. The van der Waals surface area contributed by atoms with Crippen LogP contribution in [-0.2, 0) is 16.1 Å². The van der Waals surface area contributed by atoms with E-state index in [1.54, 1.807) is 44.7 Å². The molecule has 2 rings (SSSR count). The van der Waals surface area contributed by atoms with E-state index in [4.69, 9.17) is 0 Å². The fourth-order valence-corrected chi connectivity index (χ4v) is 2.25. The quantitative estimate of drug-likeness (QED) is 0.897. The highest BCUT2D eigenvalue weighted by molar-refractivity contribution is 6.01. The average Bonchev–Trinajstić information content (AvgIpc) is 2.35. The van der Waals surface area contributed by atoms with Crippen molar-refractivity contribution < 1.29 is 14.0 Å². The number of benzene rings is 1. The maximum atomic E-state index is 12.9. The van der Waals surface area contributed by atoms with Crippen LogP contribution in [0.5, 0.6) is 0 Å². The molecule has 1 N–H and O–H groups in total. The van der Waals surface area contributed by atoms with Gasteiger partial charge in [0.05, 0.1) is 0 Å². The smallest absolute Gasteiger partial charge is 0.248 e. The van der Waals surface area contributed by atoms with E-state index in [1.165, 1.54) is 12.1 Å². The van der Waals surface area contributed by atoms with Crippen LogP contribution in [0.25, 0.3) is 0 Å². The van der Waals surface area contributed by atoms with E-state index in [-0.39, 0.29) is 24.2 Å². The van der Waals surface area contributed by atoms with Crippen molar-refractivity contribution in [2.24, 2.45) is 0 Å². The number of hydrogen-bond donors (Lipinski definition) is 1. The highest BCUT2D eigenvalue weighted by atomic mass is 19.1. The number of rotatable bonds is 2. The first-order valence-corrected chi connectivity index (χ1v) is 6.54. The predicted octanol–water partition coefficient (Wildman–Crippen LogP) is 1.84. The van der Waals surface area contributed by atoms with Crippen LogP contribution in [0.15, 0.2) is 24.3 Å². The molecule has 2 amide bonds. The molecule has 0 atom stereocenters. The normalized spacial score (nSPS) is 20.8. The van der Waals surface area contributed by atoms with Crippen molar-refractivity contribution in [2.75, 3.05) is 0 Å². The zero-order valence-corrected chi connectivity index (χ0v) is 12.2. The zero-order valence-electron chi connectivity index (χ0n) is 12.2. The van der Waals surface area contributed by atoms with Gasteiger partial charge in [-0.15, -0.1) is 0 Å². The fourth-order valence-electron chi connectivity index (χ4n) is 2.25. The number of halogens is 1. The molecular formula is C15H19FN2O2. The van der Waals surface area contributed by atoms with E-state index in [0.29, 0.717) is 0 Å². The minimum atomic E-state index is -0.930. The summed E-state index contributed by atoms with van der Waals surface area (Å²) in [6.45, 7) is 7.06. The second-order valence-corrected chi connectivity index (χ2v) is 6.16. The average molecular weight is 278 g/mol. The van der Waals surface area contributed by atoms with Crippen LogP contribution < -0.4 is 5.32 Å². The number of carbonyl (C=O) groups is 2. The molecule has 1 heterocycles. The van der Waals surface area contributed by atoms with Gasteiger partial charge in [-0.05, 0) is 45.4 Å². The van der Waals surface area contributed by atoms with Crippen molar-refractivity contribution in [1.82, 2.24) is 10.2 Å². The van der Waals surface area contributed by atoms with Crippen molar-refractivity contribution in [2.45, 2.75) is 45.3 Å². The van der Waals surface area contributed by atoms with Crippen molar-refractivity contribution in [3.63, 3.8) is 0 Å². The summed E-state index contributed by atoms with van der Waals surface area (Å²) in [6, 6.07) is 5.94. The largest absolute Gasteiger partial charge is 0.340 e. The summed E-state index contributed by atoms with van der Waals surface area (Å²) in [4.78, 5) is 26.2. The molecule has 0 aromatic heterocycles. The second-order valence-electron chi connectivity index (χ2n) is 6.16. The fraction of sp³-hybridized carbons (Fsp3) is 0.467. The second kappa shape index (κ2) is 4.58. The van der Waals surface area contributed by atoms with E-state index in [1.807, 2.05) is 0 Å². The molecule has 0 unspecified atom stereocenters. The van der Waals surface area contributed by atoms with Crippen LogP contribution >= 0.6 is 0 Å². The monoisotopic (exact) mass is 278 g/mol. The van der Waals surface area contributed by atoms with E-state index in [9.17, 15) is 14.0 Å². The highest BCUT2D eigenvalue weighted by Crippen LogP contribution is 2.27. The SMILES string of the molecule is CC1(C)NC(=O)C(C)(C)N(Cc2ccc(F)cc2)C1=O. The Bertz CT molecular complexity index is 549. The Morgan fingerprint density at radius 2 is 1.65 bits per heavy atom. The molecule has 0 radical (unpaired) electrons. The van der Waals surface area contributed by atoms with Crippen LogP contribution in [0.3, 0.4) is 0 Å². The van der Waals surface area contributed by atoms with E-state index in [2.05, 4.69) is 5.32 Å². The van der Waals surface area contributed by atoms with Crippen LogP contribution in [-0.4, -0.2) is 27.8 Å². The van der Waals surface area contributed by atoms with Crippen LogP contribution in [0.1, 0.15) is 33.3 Å². The molecular weight excluding hydrogens is 259 g/mol. The lowest BCUT2D eigenvalue weighted by Gasteiger charge is -2.47. The number of carbonyl (C=O) groups excluding carboxylic acids is 2. The number of piperazine rings is 1. The summed E-state index contributed by atoms with van der Waals surface area (Å²) >= 11 is 0. The first kappa shape index (κ1) is 14.5. The molecule has 4 nitrogen and oxygen atoms in total. The molecule has 20 heavy (non-hydrogen) atoms. The number of hydrogen-bond acceptors (Lipinski definition) is 2. The van der Waals surface area contributed by atoms with E-state index >= 15 is 0 Å². The number of nitrogens with one attached hydrogen (secondary N) is 1. The Morgan fingerprint density at radius 3 is 2.20 bits per heavy atom. The van der Waals surface area contributed by atoms with Crippen molar-refractivity contribution >= 4 is 11.8 Å². The first-order valence-electron chi connectivity index (χ1n) is 6.54. The minimum absolute atomic E-state index is 0.147. The van der Waals surface area contributed by atoms with Crippen molar-refractivity contribution in [3.05, 3.63) is 35.6 Å². The first-order chi connectivity index (χ1) is 9.14. The maximum absolute atomic E-state index is 12.9. The Balaban J connectivity index is 2.33. The summed E-state index contributed by atoms with van der Waals surface area (Å²) in [5.74, 6) is -0.660. The van der Waals surface area contributed by atoms with Gasteiger partial charge < -0.3 is 10.2 Å². The predicted molar refractivity (Wildman–Crippen MR) is 73.3 cm³/mol. The van der Waals surface area contributed by atoms with Gasteiger partial charge in [0.25, 0.3) is 0 Å². The van der Waals surface area contributed by atoms with Gasteiger partial charge in [0.1, 0.15) is 16.9 Å². The summed E-state index contributed by atoms with van der Waals surface area (Å²) in [5.41, 5.74) is -1.06. The molecule has 0 spiro atoms. The molecule has 1 aromatic carbocycles. The van der Waals surface area contributed by atoms with Crippen LogP contribution in [0.4, 0.5) is 4.39 Å². The van der Waals surface area contributed by atoms with E-state index < -0.39 is 11.1 Å². The molecule has 1 fully saturated rings. The zero-order chi connectivity index (χ0) is 15.1. The lowest BCUT2D eigenvalue weighted by Crippen LogP contribution is -2.71. The third-order valence-corrected chi connectivity index (χ3v) is 3.69. The third-order valence-electron chi connectivity index (χ3n) is 3.69. The number of amides is 2. The van der Waals surface area contributed by atoms with Gasteiger partial charge in [0.15, 0.2) is 0 Å². The molecule has 1 aliphatic rings. The van der Waals surface area contributed by atoms with Crippen LogP contribution in [0.2, 0.25) is 0 Å². The van der Waals surface area contributed by atoms with Gasteiger partial charge in [-0.1, -0.05) is 12.1 Å². The molecule has 1 aromatic rings. The molecule has 5 heteroatoms. The van der Waals surface area contributed by atoms with Crippen LogP contribution in [0, 0.1) is 5.82 Å². The van der Waals surface area contributed by atoms with Crippen molar-refractivity contribution in [1.29, 1.82) is 0 Å². The molecule has 0 bridgehead atoms. The Labute approximate surface area is 118 Å². The Morgan fingerprint density at radius 1 is 1.10 bits per heavy atom. The maximum Gasteiger partial charge on any atom is 0.248 e. The summed E-state index contributed by atoms with van der Waals surface area (Å²) in [6.07, 6.45) is 0. The van der Waals surface area contributed by atoms with Crippen molar-refractivity contribution in [3.8, 4) is 0 Å². The van der Waals surface area contributed by atoms with E-state index in [0.717, 1.165) is 5.56 Å². The topological polar surface area (TPSA) is 49.4 Å². The molecule has 0 aliphatic carbocycles. The lowest BCUT2D eigenvalue weighted by molar-refractivity contribution is -0.160. The Hall–Kier alpha value is -1.91. The van der Waals surface area contributed by atoms with Gasteiger partial charge in [-0.25, -0.2) is 4.39 Å². The molecule has 0 saturated carbocycles. The Kier molecular flexibility index (Phi) is 3.32. The highest BCUT2D eigenvalue weighted by Gasteiger charge is 2.49. The summed E-state index contributed by atoms with van der Waals surface area (Å²) in [5, 5.41) is 2.73. The van der Waals surface area contributed by atoms with Gasteiger partial charge in [-0.2, -0.15) is 0 Å². The van der Waals surface area contributed by atoms with Gasteiger partial charge in [0.2, 0.25) is 11.8 Å². The molecule has 1 saturated heterocycles. The van der Waals surface area contributed by atoms with Gasteiger partial charge in [-0.3, -0.25) is 9.59 Å². The molecule has 108 valence electrons. The minimum Gasteiger partial charge on any atom is -0.340 e. The number of nitrogens with zero attached hydrogens (tertiary/aromatic N) is 1. The summed E-state index contributed by atoms with van der Waals surface area (Å²) in [7, 11) is 0. The van der Waals surface area contributed by atoms with Gasteiger partial charge in [0, 0.05) is 6.54 Å². The lowest BCUT2D eigenvalue weighted by atomic mass is 9.89. The third kappa shape index (κ3) is 2.40. The summed E-state index contributed by atoms with van der Waals surface area (Å²) < 4.78 is 12.9.